The van der Waals surface area contributed by atoms with Crippen LogP contribution in [0.4, 0.5) is 18.0 Å². The molecule has 1 atom stereocenters. The first kappa shape index (κ1) is 25.1. The van der Waals surface area contributed by atoms with Crippen LogP contribution in [0.25, 0.3) is 11.1 Å². The number of rotatable bonds is 8. The Labute approximate surface area is 205 Å². The second-order valence-corrected chi connectivity index (χ2v) is 8.43. The standard InChI is InChI=1S/C27H24F3NO5/c1-35-24-14-16(10-12-22(24)27(28,29)30)11-13-23(25(32)33)31-26(34)36-15-21-19-8-4-2-6-17(19)18-7-3-5-9-20(18)21/h2-10,12,14,21,23H,11,13,15H2,1H3,(H,31,34)(H,32,33)/t23-/m0/s1. The van der Waals surface area contributed by atoms with Gasteiger partial charge in [-0.1, -0.05) is 54.6 Å². The van der Waals surface area contributed by atoms with Gasteiger partial charge in [-0.2, -0.15) is 13.2 Å². The van der Waals surface area contributed by atoms with Crippen molar-refractivity contribution in [1.82, 2.24) is 5.32 Å². The highest BCUT2D eigenvalue weighted by molar-refractivity contribution is 5.81. The third kappa shape index (κ3) is 5.30. The zero-order valence-corrected chi connectivity index (χ0v) is 19.3. The van der Waals surface area contributed by atoms with Crippen molar-refractivity contribution in [3.63, 3.8) is 0 Å². The first-order valence-corrected chi connectivity index (χ1v) is 11.3. The molecule has 0 saturated carbocycles. The Kier molecular flexibility index (Phi) is 7.19. The maximum Gasteiger partial charge on any atom is 0.419 e. The van der Waals surface area contributed by atoms with Crippen LogP contribution < -0.4 is 10.1 Å². The Balaban J connectivity index is 1.38. The number of amides is 1. The number of halogens is 3. The zero-order valence-electron chi connectivity index (χ0n) is 19.3. The van der Waals surface area contributed by atoms with Crippen molar-refractivity contribution < 1.29 is 37.3 Å². The lowest BCUT2D eigenvalue weighted by atomic mass is 9.98. The molecule has 9 heteroatoms. The van der Waals surface area contributed by atoms with Gasteiger partial charge in [0.15, 0.2) is 0 Å². The van der Waals surface area contributed by atoms with Crippen molar-refractivity contribution in [2.24, 2.45) is 0 Å². The summed E-state index contributed by atoms with van der Waals surface area (Å²) in [5.74, 6) is -1.80. The number of benzene rings is 3. The van der Waals surface area contributed by atoms with Crippen molar-refractivity contribution in [3.05, 3.63) is 89.0 Å². The van der Waals surface area contributed by atoms with E-state index in [0.717, 1.165) is 35.4 Å². The minimum Gasteiger partial charge on any atom is -0.496 e. The number of hydrogen-bond donors (Lipinski definition) is 2. The van der Waals surface area contributed by atoms with E-state index >= 15 is 0 Å². The van der Waals surface area contributed by atoms with E-state index in [1.807, 2.05) is 48.5 Å². The lowest BCUT2D eigenvalue weighted by molar-refractivity contribution is -0.140. The molecule has 1 amide bonds. The van der Waals surface area contributed by atoms with Gasteiger partial charge in [-0.25, -0.2) is 9.59 Å². The molecule has 0 unspecified atom stereocenters. The van der Waals surface area contributed by atoms with Gasteiger partial charge >= 0.3 is 18.2 Å². The second kappa shape index (κ2) is 10.3. The average molecular weight is 499 g/mol. The van der Waals surface area contributed by atoms with Crippen LogP contribution in [-0.4, -0.2) is 36.9 Å². The molecule has 0 heterocycles. The maximum atomic E-state index is 13.1. The fraction of sp³-hybridized carbons (Fsp3) is 0.259. The van der Waals surface area contributed by atoms with Gasteiger partial charge in [-0.05, 0) is 52.8 Å². The Morgan fingerprint density at radius 2 is 1.61 bits per heavy atom. The van der Waals surface area contributed by atoms with E-state index in [9.17, 15) is 27.9 Å². The number of nitrogens with one attached hydrogen (secondary N) is 1. The largest absolute Gasteiger partial charge is 0.496 e. The van der Waals surface area contributed by atoms with E-state index in [1.54, 1.807) is 0 Å². The quantitative estimate of drug-likeness (QED) is 0.419. The summed E-state index contributed by atoms with van der Waals surface area (Å²) in [6.07, 6.45) is -5.39. The molecule has 36 heavy (non-hydrogen) atoms. The number of hydrogen-bond acceptors (Lipinski definition) is 4. The summed E-state index contributed by atoms with van der Waals surface area (Å²) >= 11 is 0. The molecule has 3 aromatic carbocycles. The lowest BCUT2D eigenvalue weighted by Gasteiger charge is -2.18. The van der Waals surface area contributed by atoms with Gasteiger partial charge in [0.1, 0.15) is 18.4 Å². The molecular weight excluding hydrogens is 475 g/mol. The van der Waals surface area contributed by atoms with Crippen molar-refractivity contribution >= 4 is 12.1 Å². The number of alkyl halides is 3. The van der Waals surface area contributed by atoms with Crippen molar-refractivity contribution in [2.45, 2.75) is 31.0 Å². The molecule has 0 saturated heterocycles. The Hall–Kier alpha value is -4.01. The van der Waals surface area contributed by atoms with Gasteiger partial charge in [0.25, 0.3) is 0 Å². The predicted octanol–water partition coefficient (Wildman–Crippen LogP) is 5.64. The molecule has 6 nitrogen and oxygen atoms in total. The number of methoxy groups -OCH3 is 1. The number of carbonyl (C=O) groups is 2. The highest BCUT2D eigenvalue weighted by Crippen LogP contribution is 2.44. The molecule has 1 aliphatic carbocycles. The first-order chi connectivity index (χ1) is 17.2. The minimum absolute atomic E-state index is 0.0301. The Morgan fingerprint density at radius 3 is 2.17 bits per heavy atom. The lowest BCUT2D eigenvalue weighted by Crippen LogP contribution is -2.41. The minimum atomic E-state index is -4.57. The highest BCUT2D eigenvalue weighted by Gasteiger charge is 2.34. The normalized spacial score (nSPS) is 13.4. The molecule has 2 N–H and O–H groups in total. The summed E-state index contributed by atoms with van der Waals surface area (Å²) in [4.78, 5) is 24.2. The Morgan fingerprint density at radius 1 is 1.00 bits per heavy atom. The number of carbonyl (C=O) groups excluding carboxylic acids is 1. The van der Waals surface area contributed by atoms with E-state index in [1.165, 1.54) is 12.1 Å². The maximum absolute atomic E-state index is 13.1. The molecule has 0 radical (unpaired) electrons. The van der Waals surface area contributed by atoms with Crippen LogP contribution in [0.2, 0.25) is 0 Å². The van der Waals surface area contributed by atoms with Gasteiger partial charge in [-0.3, -0.25) is 0 Å². The van der Waals surface area contributed by atoms with E-state index < -0.39 is 29.8 Å². The zero-order chi connectivity index (χ0) is 25.9. The summed E-state index contributed by atoms with van der Waals surface area (Å²) in [5, 5.41) is 11.9. The van der Waals surface area contributed by atoms with Gasteiger partial charge in [-0.15, -0.1) is 0 Å². The van der Waals surface area contributed by atoms with Crippen LogP contribution in [0.3, 0.4) is 0 Å². The van der Waals surface area contributed by atoms with Gasteiger partial charge in [0.2, 0.25) is 0 Å². The smallest absolute Gasteiger partial charge is 0.419 e. The SMILES string of the molecule is COc1cc(CC[C@H](NC(=O)OCC2c3ccccc3-c3ccccc32)C(=O)O)ccc1C(F)(F)F. The molecule has 4 rings (SSSR count). The monoisotopic (exact) mass is 499 g/mol. The van der Waals surface area contributed by atoms with Gasteiger partial charge in [0, 0.05) is 5.92 Å². The topological polar surface area (TPSA) is 84.9 Å². The number of ether oxygens (including phenoxy) is 2. The highest BCUT2D eigenvalue weighted by atomic mass is 19.4. The van der Waals surface area contributed by atoms with Crippen LogP contribution in [-0.2, 0) is 22.1 Å². The van der Waals surface area contributed by atoms with Crippen molar-refractivity contribution in [3.8, 4) is 16.9 Å². The van der Waals surface area contributed by atoms with E-state index in [4.69, 9.17) is 9.47 Å². The fourth-order valence-corrected chi connectivity index (χ4v) is 4.48. The number of fused-ring (bicyclic) bond motifs is 3. The van der Waals surface area contributed by atoms with Crippen molar-refractivity contribution in [2.75, 3.05) is 13.7 Å². The van der Waals surface area contributed by atoms with Crippen LogP contribution in [0.15, 0.2) is 66.7 Å². The van der Waals surface area contributed by atoms with Crippen LogP contribution in [0, 0.1) is 0 Å². The predicted molar refractivity (Wildman–Crippen MR) is 126 cm³/mol. The summed E-state index contributed by atoms with van der Waals surface area (Å²) < 4.78 is 49.4. The molecule has 188 valence electrons. The molecule has 0 bridgehead atoms. The summed E-state index contributed by atoms with van der Waals surface area (Å²) in [7, 11) is 1.13. The molecule has 0 aromatic heterocycles. The number of carboxylic acids is 1. The molecule has 0 spiro atoms. The second-order valence-electron chi connectivity index (χ2n) is 8.43. The molecule has 1 aliphatic rings. The summed E-state index contributed by atoms with van der Waals surface area (Å²) in [6, 6.07) is 17.7. The number of carboxylic acid groups (broad SMARTS) is 1. The van der Waals surface area contributed by atoms with Crippen LogP contribution in [0.1, 0.15) is 34.6 Å². The summed E-state index contributed by atoms with van der Waals surface area (Å²) in [5.41, 5.74) is 3.71. The third-order valence-electron chi connectivity index (χ3n) is 6.23. The molecule has 0 fully saturated rings. The average Bonchev–Trinajstić information content (AvgIpc) is 3.18. The molecular formula is C27H24F3NO5. The van der Waals surface area contributed by atoms with Gasteiger partial charge in [0.05, 0.1) is 12.7 Å². The number of alkyl carbamates (subject to hydrolysis) is 1. The van der Waals surface area contributed by atoms with Gasteiger partial charge < -0.3 is 19.9 Å². The van der Waals surface area contributed by atoms with Crippen LogP contribution >= 0.6 is 0 Å². The van der Waals surface area contributed by atoms with E-state index in [0.29, 0.717) is 5.56 Å². The first-order valence-electron chi connectivity index (χ1n) is 11.3. The number of aryl methyl sites for hydroxylation is 1. The third-order valence-corrected chi connectivity index (χ3v) is 6.23. The Bertz CT molecular complexity index is 1230. The number of aliphatic carboxylic acids is 1. The van der Waals surface area contributed by atoms with E-state index in [2.05, 4.69) is 5.32 Å². The summed E-state index contributed by atoms with van der Waals surface area (Å²) in [6.45, 7) is 0.0301. The van der Waals surface area contributed by atoms with Crippen molar-refractivity contribution in [1.29, 1.82) is 0 Å². The van der Waals surface area contributed by atoms with E-state index in [-0.39, 0.29) is 31.1 Å². The fourth-order valence-electron chi connectivity index (χ4n) is 4.48. The molecule has 3 aromatic rings. The van der Waals surface area contributed by atoms with Crippen LogP contribution in [0.5, 0.6) is 5.75 Å². The molecule has 0 aliphatic heterocycles.